The molecule has 0 spiro atoms. The van der Waals surface area contributed by atoms with Crippen LogP contribution in [0, 0.1) is 11.8 Å². The van der Waals surface area contributed by atoms with Crippen molar-refractivity contribution < 1.29 is 0 Å². The van der Waals surface area contributed by atoms with E-state index in [-0.39, 0.29) is 0 Å². The lowest BCUT2D eigenvalue weighted by atomic mass is 9.96. The van der Waals surface area contributed by atoms with Crippen molar-refractivity contribution in [3.63, 3.8) is 0 Å². The number of likely N-dealkylation sites (tertiary alicyclic amines) is 1. The van der Waals surface area contributed by atoms with Gasteiger partial charge < -0.3 is 10.6 Å². The fraction of sp³-hybridized carbons (Fsp3) is 1.00. The number of rotatable bonds is 5. The highest BCUT2D eigenvalue weighted by molar-refractivity contribution is 4.70. The minimum Gasteiger partial charge on any atom is -0.330 e. The summed E-state index contributed by atoms with van der Waals surface area (Å²) in [6.07, 6.45) is 8.35. The normalized spacial score (nSPS) is 21.8. The Morgan fingerprint density at radius 3 is 2.06 bits per heavy atom. The zero-order valence-corrected chi connectivity index (χ0v) is 11.3. The number of nitrogens with two attached hydrogens (primary N) is 1. The molecule has 1 saturated heterocycles. The summed E-state index contributed by atoms with van der Waals surface area (Å²) in [6.45, 7) is 9.29. The van der Waals surface area contributed by atoms with Crippen LogP contribution < -0.4 is 5.73 Å². The summed E-state index contributed by atoms with van der Waals surface area (Å²) in [4.78, 5) is 2.65. The molecule has 1 rings (SSSR count). The monoisotopic (exact) mass is 226 g/mol. The lowest BCUT2D eigenvalue weighted by Gasteiger charge is -2.29. The smallest absolute Gasteiger partial charge is 0.00218 e. The fourth-order valence-electron chi connectivity index (χ4n) is 2.77. The average molecular weight is 226 g/mol. The van der Waals surface area contributed by atoms with Gasteiger partial charge in [0.05, 0.1) is 0 Å². The predicted octanol–water partition coefficient (Wildman–Crippen LogP) is 2.87. The van der Waals surface area contributed by atoms with Crippen LogP contribution in [0.15, 0.2) is 0 Å². The largest absolute Gasteiger partial charge is 0.330 e. The first kappa shape index (κ1) is 14.0. The number of hydrogen-bond donors (Lipinski definition) is 1. The van der Waals surface area contributed by atoms with Crippen LogP contribution in [-0.4, -0.2) is 31.1 Å². The molecule has 0 bridgehead atoms. The Balaban J connectivity index is 2.30. The summed E-state index contributed by atoms with van der Waals surface area (Å²) in [7, 11) is 0. The van der Waals surface area contributed by atoms with Gasteiger partial charge in [0.1, 0.15) is 0 Å². The third-order valence-electron chi connectivity index (χ3n) is 3.60. The second kappa shape index (κ2) is 8.08. The van der Waals surface area contributed by atoms with Crippen molar-refractivity contribution in [3.05, 3.63) is 0 Å². The molecular weight excluding hydrogens is 196 g/mol. The van der Waals surface area contributed by atoms with E-state index in [1.165, 1.54) is 58.2 Å². The summed E-state index contributed by atoms with van der Waals surface area (Å²) < 4.78 is 0. The molecular formula is C14H30N2. The Kier molecular flexibility index (Phi) is 7.06. The molecule has 2 nitrogen and oxygen atoms in total. The van der Waals surface area contributed by atoms with Crippen molar-refractivity contribution in [2.45, 2.75) is 52.4 Å². The van der Waals surface area contributed by atoms with Gasteiger partial charge in [-0.1, -0.05) is 33.1 Å². The fourth-order valence-corrected chi connectivity index (χ4v) is 2.77. The van der Waals surface area contributed by atoms with Gasteiger partial charge in [0.15, 0.2) is 0 Å². The molecule has 0 saturated carbocycles. The number of hydrogen-bond acceptors (Lipinski definition) is 2. The van der Waals surface area contributed by atoms with Gasteiger partial charge in [0, 0.05) is 6.54 Å². The Labute approximate surface area is 102 Å². The lowest BCUT2D eigenvalue weighted by molar-refractivity contribution is 0.201. The van der Waals surface area contributed by atoms with Gasteiger partial charge >= 0.3 is 0 Å². The standard InChI is InChI=1S/C14H30N2/c1-13(2)10-14(11-15)12-16-8-6-4-3-5-7-9-16/h13-14H,3-12,15H2,1-2H3. The van der Waals surface area contributed by atoms with Crippen LogP contribution in [0.25, 0.3) is 0 Å². The van der Waals surface area contributed by atoms with Gasteiger partial charge in [-0.2, -0.15) is 0 Å². The van der Waals surface area contributed by atoms with E-state index < -0.39 is 0 Å². The van der Waals surface area contributed by atoms with Crippen LogP contribution in [0.1, 0.15) is 52.4 Å². The van der Waals surface area contributed by atoms with E-state index in [1.54, 1.807) is 0 Å². The van der Waals surface area contributed by atoms with Crippen LogP contribution in [-0.2, 0) is 0 Å². The highest BCUT2D eigenvalue weighted by Crippen LogP contribution is 2.15. The quantitative estimate of drug-likeness (QED) is 0.781. The minimum absolute atomic E-state index is 0.708. The van der Waals surface area contributed by atoms with E-state index in [2.05, 4.69) is 18.7 Å². The van der Waals surface area contributed by atoms with Crippen LogP contribution in [0.4, 0.5) is 0 Å². The van der Waals surface area contributed by atoms with Crippen molar-refractivity contribution in [2.24, 2.45) is 17.6 Å². The minimum atomic E-state index is 0.708. The molecule has 0 aromatic rings. The van der Waals surface area contributed by atoms with E-state index in [0.29, 0.717) is 5.92 Å². The van der Waals surface area contributed by atoms with Crippen LogP contribution >= 0.6 is 0 Å². The first-order valence-corrected chi connectivity index (χ1v) is 7.14. The highest BCUT2D eigenvalue weighted by Gasteiger charge is 2.15. The Morgan fingerprint density at radius 1 is 1.00 bits per heavy atom. The van der Waals surface area contributed by atoms with Gasteiger partial charge in [-0.15, -0.1) is 0 Å². The highest BCUT2D eigenvalue weighted by atomic mass is 15.1. The van der Waals surface area contributed by atoms with Crippen molar-refractivity contribution in [3.8, 4) is 0 Å². The van der Waals surface area contributed by atoms with Gasteiger partial charge in [0.25, 0.3) is 0 Å². The SMILES string of the molecule is CC(C)CC(CN)CN1CCCCCCC1. The topological polar surface area (TPSA) is 29.3 Å². The molecule has 1 atom stereocenters. The molecule has 1 unspecified atom stereocenters. The first-order valence-electron chi connectivity index (χ1n) is 7.14. The summed E-state index contributed by atoms with van der Waals surface area (Å²) in [5.74, 6) is 1.49. The number of nitrogens with zero attached hydrogens (tertiary/aromatic N) is 1. The summed E-state index contributed by atoms with van der Waals surface area (Å²) in [5.41, 5.74) is 5.88. The van der Waals surface area contributed by atoms with Gasteiger partial charge in [-0.25, -0.2) is 0 Å². The zero-order chi connectivity index (χ0) is 11.8. The first-order chi connectivity index (χ1) is 7.72. The van der Waals surface area contributed by atoms with E-state index >= 15 is 0 Å². The lowest BCUT2D eigenvalue weighted by Crippen LogP contribution is -2.35. The summed E-state index contributed by atoms with van der Waals surface area (Å²) in [5, 5.41) is 0. The molecule has 1 fully saturated rings. The predicted molar refractivity (Wildman–Crippen MR) is 71.5 cm³/mol. The molecule has 1 heterocycles. The Morgan fingerprint density at radius 2 is 1.56 bits per heavy atom. The summed E-state index contributed by atoms with van der Waals surface area (Å²) >= 11 is 0. The van der Waals surface area contributed by atoms with E-state index in [0.717, 1.165) is 12.5 Å². The third-order valence-corrected chi connectivity index (χ3v) is 3.60. The maximum Gasteiger partial charge on any atom is 0.00218 e. The molecule has 1 aliphatic rings. The average Bonchev–Trinajstić information content (AvgIpc) is 2.19. The molecule has 2 heteroatoms. The maximum atomic E-state index is 5.88. The van der Waals surface area contributed by atoms with Crippen molar-refractivity contribution in [1.82, 2.24) is 4.90 Å². The van der Waals surface area contributed by atoms with E-state index in [4.69, 9.17) is 5.73 Å². The maximum absolute atomic E-state index is 5.88. The van der Waals surface area contributed by atoms with Crippen LogP contribution in [0.3, 0.4) is 0 Å². The summed E-state index contributed by atoms with van der Waals surface area (Å²) in [6, 6.07) is 0. The molecule has 0 aromatic carbocycles. The molecule has 0 aliphatic carbocycles. The molecule has 0 radical (unpaired) electrons. The molecule has 0 aromatic heterocycles. The second-order valence-electron chi connectivity index (χ2n) is 5.80. The third kappa shape index (κ3) is 5.86. The molecule has 16 heavy (non-hydrogen) atoms. The Hall–Kier alpha value is -0.0800. The van der Waals surface area contributed by atoms with Crippen molar-refractivity contribution in [2.75, 3.05) is 26.2 Å². The Bertz CT molecular complexity index is 160. The second-order valence-corrected chi connectivity index (χ2v) is 5.80. The van der Waals surface area contributed by atoms with Gasteiger partial charge in [-0.3, -0.25) is 0 Å². The van der Waals surface area contributed by atoms with E-state index in [9.17, 15) is 0 Å². The van der Waals surface area contributed by atoms with Gasteiger partial charge in [0.2, 0.25) is 0 Å². The van der Waals surface area contributed by atoms with Crippen molar-refractivity contribution in [1.29, 1.82) is 0 Å². The molecule has 0 amide bonds. The van der Waals surface area contributed by atoms with Gasteiger partial charge in [-0.05, 0) is 50.7 Å². The van der Waals surface area contributed by atoms with Crippen molar-refractivity contribution >= 4 is 0 Å². The molecule has 1 aliphatic heterocycles. The zero-order valence-electron chi connectivity index (χ0n) is 11.3. The molecule has 96 valence electrons. The van der Waals surface area contributed by atoms with E-state index in [1.807, 2.05) is 0 Å². The van der Waals surface area contributed by atoms with Crippen LogP contribution in [0.5, 0.6) is 0 Å². The molecule has 2 N–H and O–H groups in total. The van der Waals surface area contributed by atoms with Crippen LogP contribution in [0.2, 0.25) is 0 Å².